The highest BCUT2D eigenvalue weighted by atomic mass is 32.2. The Bertz CT molecular complexity index is 1770. The minimum atomic E-state index is -0.830. The summed E-state index contributed by atoms with van der Waals surface area (Å²) in [6.07, 6.45) is -0.117. The lowest BCUT2D eigenvalue weighted by Gasteiger charge is -2.15. The molecule has 1 aliphatic heterocycles. The Morgan fingerprint density at radius 3 is 2.32 bits per heavy atom. The first-order valence-corrected chi connectivity index (χ1v) is 14.4. The smallest absolute Gasteiger partial charge is 0.338 e. The molecule has 220 valence electrons. The normalized spacial score (nSPS) is 14.3. The fraction of sp³-hybridized carbons (Fsp3) is 0.152. The highest BCUT2D eigenvalue weighted by Crippen LogP contribution is 2.35. The van der Waals surface area contributed by atoms with E-state index in [4.69, 9.17) is 9.47 Å². The molecule has 1 saturated heterocycles. The van der Waals surface area contributed by atoms with Crippen LogP contribution in [0.3, 0.4) is 0 Å². The Balaban J connectivity index is 1.23. The van der Waals surface area contributed by atoms with Gasteiger partial charge in [-0.2, -0.15) is 5.26 Å². The third-order valence-corrected chi connectivity index (χ3v) is 7.85. The van der Waals surface area contributed by atoms with Crippen LogP contribution in [0, 0.1) is 17.1 Å². The number of rotatable bonds is 10. The van der Waals surface area contributed by atoms with E-state index in [1.807, 2.05) is 6.92 Å². The number of carbonyl (C=O) groups excluding carboxylic acids is 4. The molecule has 0 aliphatic carbocycles. The number of halogens is 1. The van der Waals surface area contributed by atoms with Gasteiger partial charge in [-0.3, -0.25) is 14.4 Å². The third kappa shape index (κ3) is 6.66. The van der Waals surface area contributed by atoms with Crippen LogP contribution in [-0.4, -0.2) is 47.0 Å². The number of nitriles is 1. The van der Waals surface area contributed by atoms with E-state index in [2.05, 4.69) is 11.1 Å². The van der Waals surface area contributed by atoms with E-state index in [0.717, 1.165) is 16.7 Å². The van der Waals surface area contributed by atoms with Crippen LogP contribution in [-0.2, 0) is 14.3 Å². The first-order chi connectivity index (χ1) is 21.3. The number of carbonyl (C=O) groups is 4. The summed E-state index contributed by atoms with van der Waals surface area (Å²) in [5, 5.41) is 9.04. The van der Waals surface area contributed by atoms with Crippen molar-refractivity contribution >= 4 is 41.0 Å². The number of esters is 1. The van der Waals surface area contributed by atoms with Crippen molar-refractivity contribution in [2.45, 2.75) is 23.6 Å². The maximum absolute atomic E-state index is 13.4. The highest BCUT2D eigenvalue weighted by Gasteiger charge is 2.41. The van der Waals surface area contributed by atoms with Gasteiger partial charge in [0, 0.05) is 17.5 Å². The van der Waals surface area contributed by atoms with Crippen molar-refractivity contribution in [3.63, 3.8) is 0 Å². The number of Topliss-reactive ketones (excluding diaryl/α,β-unsaturated/α-hetero) is 1. The quantitative estimate of drug-likeness (QED) is 0.128. The number of hydrogen-bond acceptors (Lipinski definition) is 9. The molecule has 1 aliphatic rings. The number of benzene rings is 3. The number of imide groups is 1. The van der Waals surface area contributed by atoms with Crippen LogP contribution in [0.4, 0.5) is 10.1 Å². The van der Waals surface area contributed by atoms with Crippen LogP contribution < -0.4 is 9.64 Å². The van der Waals surface area contributed by atoms with Crippen LogP contribution in [0.25, 0.3) is 11.3 Å². The molecule has 0 spiro atoms. The average Bonchev–Trinajstić information content (AvgIpc) is 3.32. The number of hydrogen-bond donors (Lipinski definition) is 0. The molecule has 0 radical (unpaired) electrons. The molecule has 5 rings (SSSR count). The predicted octanol–water partition coefficient (Wildman–Crippen LogP) is 5.62. The molecule has 0 N–H and O–H groups in total. The fourth-order valence-corrected chi connectivity index (χ4v) is 5.54. The lowest BCUT2D eigenvalue weighted by Crippen LogP contribution is -2.31. The molecule has 1 unspecified atom stereocenters. The number of nitrogens with zero attached hydrogens (tertiary/aromatic N) is 3. The number of pyridine rings is 1. The van der Waals surface area contributed by atoms with E-state index in [1.54, 1.807) is 48.5 Å². The molecule has 1 fully saturated rings. The second kappa shape index (κ2) is 13.3. The second-order valence-corrected chi connectivity index (χ2v) is 10.7. The zero-order valence-electron chi connectivity index (χ0n) is 23.4. The van der Waals surface area contributed by atoms with E-state index in [-0.39, 0.29) is 34.0 Å². The topological polar surface area (TPSA) is 127 Å². The van der Waals surface area contributed by atoms with Gasteiger partial charge < -0.3 is 9.47 Å². The minimum absolute atomic E-state index is 0.117. The van der Waals surface area contributed by atoms with Crippen molar-refractivity contribution in [3.05, 3.63) is 107 Å². The Morgan fingerprint density at radius 1 is 0.977 bits per heavy atom. The Morgan fingerprint density at radius 2 is 1.66 bits per heavy atom. The van der Waals surface area contributed by atoms with Crippen molar-refractivity contribution in [1.29, 1.82) is 5.26 Å². The molecule has 4 aromatic rings. The van der Waals surface area contributed by atoms with Gasteiger partial charge in [0.05, 0.1) is 34.4 Å². The number of thioether (sulfide) groups is 1. The monoisotopic (exact) mass is 609 g/mol. The van der Waals surface area contributed by atoms with Crippen LogP contribution in [0.15, 0.2) is 90.0 Å². The van der Waals surface area contributed by atoms with E-state index in [9.17, 15) is 28.8 Å². The minimum Gasteiger partial charge on any atom is -0.494 e. The van der Waals surface area contributed by atoms with Crippen molar-refractivity contribution in [3.8, 4) is 23.1 Å². The molecule has 2 amide bonds. The molecule has 0 saturated carbocycles. The molecule has 3 aromatic carbocycles. The summed E-state index contributed by atoms with van der Waals surface area (Å²) in [6, 6.07) is 23.2. The van der Waals surface area contributed by atoms with Gasteiger partial charge in [-0.25, -0.2) is 19.1 Å². The first kappa shape index (κ1) is 30.1. The highest BCUT2D eigenvalue weighted by molar-refractivity contribution is 8.00. The zero-order valence-corrected chi connectivity index (χ0v) is 24.2. The average molecular weight is 610 g/mol. The summed E-state index contributed by atoms with van der Waals surface area (Å²) in [5.74, 6) is -1.83. The first-order valence-electron chi connectivity index (χ1n) is 13.5. The molecule has 11 heteroatoms. The Hall–Kier alpha value is -5.34. The lowest BCUT2D eigenvalue weighted by atomic mass is 10.1. The van der Waals surface area contributed by atoms with Gasteiger partial charge in [-0.15, -0.1) is 0 Å². The molecule has 1 aromatic heterocycles. The van der Waals surface area contributed by atoms with Crippen LogP contribution in [0.1, 0.15) is 39.6 Å². The van der Waals surface area contributed by atoms with Crippen molar-refractivity contribution < 1.29 is 33.0 Å². The lowest BCUT2D eigenvalue weighted by molar-refractivity contribution is -0.121. The zero-order chi connectivity index (χ0) is 31.2. The predicted molar refractivity (Wildman–Crippen MR) is 160 cm³/mol. The van der Waals surface area contributed by atoms with Gasteiger partial charge in [-0.1, -0.05) is 11.8 Å². The molecule has 0 bridgehead atoms. The van der Waals surface area contributed by atoms with E-state index in [1.165, 1.54) is 36.4 Å². The van der Waals surface area contributed by atoms with E-state index >= 15 is 0 Å². The number of aromatic nitrogens is 1. The van der Waals surface area contributed by atoms with Gasteiger partial charge in [-0.05, 0) is 91.9 Å². The largest absolute Gasteiger partial charge is 0.494 e. The fourth-order valence-electron chi connectivity index (χ4n) is 4.45. The number of anilines is 1. The van der Waals surface area contributed by atoms with Gasteiger partial charge in [0.2, 0.25) is 11.8 Å². The molecule has 2 heterocycles. The number of amides is 2. The summed E-state index contributed by atoms with van der Waals surface area (Å²) < 4.78 is 23.9. The summed E-state index contributed by atoms with van der Waals surface area (Å²) >= 11 is 1.01. The van der Waals surface area contributed by atoms with E-state index in [0.29, 0.717) is 29.2 Å². The maximum atomic E-state index is 13.4. The van der Waals surface area contributed by atoms with Crippen LogP contribution in [0.2, 0.25) is 0 Å². The molecule has 9 nitrogen and oxygen atoms in total. The Kier molecular flexibility index (Phi) is 9.12. The Labute approximate surface area is 256 Å². The number of ketones is 1. The van der Waals surface area contributed by atoms with Gasteiger partial charge in [0.15, 0.2) is 12.4 Å². The molecular formula is C33H24FN3O6S. The second-order valence-electron chi connectivity index (χ2n) is 9.55. The molecule has 1 atom stereocenters. The van der Waals surface area contributed by atoms with Crippen LogP contribution in [0.5, 0.6) is 5.75 Å². The summed E-state index contributed by atoms with van der Waals surface area (Å²) in [6.45, 7) is 1.89. The molecule has 44 heavy (non-hydrogen) atoms. The van der Waals surface area contributed by atoms with E-state index < -0.39 is 35.5 Å². The van der Waals surface area contributed by atoms with Gasteiger partial charge in [0.25, 0.3) is 0 Å². The standard InChI is InChI=1S/C33H24FN3O6S/c1-2-42-26-14-7-21(8-15-26)28(38)19-43-33(41)22-5-12-25(13-6-22)37-30(39)17-29(32(37)40)44-31-23(18-35)9-16-27(36-31)20-3-10-24(34)11-4-20/h3-16,29H,2,17,19H2,1H3. The summed E-state index contributed by atoms with van der Waals surface area (Å²) in [5.41, 5.74) is 2.13. The summed E-state index contributed by atoms with van der Waals surface area (Å²) in [4.78, 5) is 56.7. The maximum Gasteiger partial charge on any atom is 0.338 e. The van der Waals surface area contributed by atoms with Crippen molar-refractivity contribution in [2.24, 2.45) is 0 Å². The van der Waals surface area contributed by atoms with Gasteiger partial charge >= 0.3 is 5.97 Å². The van der Waals surface area contributed by atoms with Crippen molar-refractivity contribution in [1.82, 2.24) is 4.98 Å². The SMILES string of the molecule is CCOc1ccc(C(=O)COC(=O)c2ccc(N3C(=O)CC(Sc4nc(-c5ccc(F)cc5)ccc4C#N)C3=O)cc2)cc1. The summed E-state index contributed by atoms with van der Waals surface area (Å²) in [7, 11) is 0. The third-order valence-electron chi connectivity index (χ3n) is 6.66. The van der Waals surface area contributed by atoms with Crippen molar-refractivity contribution in [2.75, 3.05) is 18.1 Å². The molecular weight excluding hydrogens is 585 g/mol. The number of ether oxygens (including phenoxy) is 2. The van der Waals surface area contributed by atoms with Crippen LogP contribution >= 0.6 is 11.8 Å². The van der Waals surface area contributed by atoms with Gasteiger partial charge in [0.1, 0.15) is 22.7 Å².